The number of ether oxygens (including phenoxy) is 2. The summed E-state index contributed by atoms with van der Waals surface area (Å²) in [6.07, 6.45) is 25.7. The van der Waals surface area contributed by atoms with Crippen molar-refractivity contribution in [1.29, 1.82) is 0 Å². The van der Waals surface area contributed by atoms with Gasteiger partial charge in [-0.2, -0.15) is 0 Å². The lowest BCUT2D eigenvalue weighted by atomic mass is 9.99. The zero-order valence-electron chi connectivity index (χ0n) is 24.7. The Bertz CT molecular complexity index is 610. The monoisotopic (exact) mass is 520 g/mol. The summed E-state index contributed by atoms with van der Waals surface area (Å²) >= 11 is 0. The normalized spacial score (nSPS) is 13.0. The SMILES string of the molecule is CCCCCCCCC(O)C(O)CCCCCCCCCCCCCCCc1cc(OC)cc(OC)c1. The minimum Gasteiger partial charge on any atom is -0.497 e. The van der Waals surface area contributed by atoms with E-state index >= 15 is 0 Å². The van der Waals surface area contributed by atoms with E-state index in [1.807, 2.05) is 6.07 Å². The highest BCUT2D eigenvalue weighted by atomic mass is 16.5. The lowest BCUT2D eigenvalue weighted by Gasteiger charge is -2.17. The molecule has 0 aliphatic carbocycles. The Hall–Kier alpha value is -1.26. The molecule has 0 fully saturated rings. The molecule has 37 heavy (non-hydrogen) atoms. The van der Waals surface area contributed by atoms with Gasteiger partial charge in [-0.15, -0.1) is 0 Å². The molecule has 1 aromatic rings. The fraction of sp³-hybridized carbons (Fsp3) is 0.818. The number of unbranched alkanes of at least 4 members (excludes halogenated alkanes) is 17. The molecular formula is C33H60O4. The van der Waals surface area contributed by atoms with Crippen molar-refractivity contribution in [2.45, 2.75) is 160 Å². The van der Waals surface area contributed by atoms with Crippen LogP contribution >= 0.6 is 0 Å². The first-order valence-corrected chi connectivity index (χ1v) is 15.7. The van der Waals surface area contributed by atoms with E-state index in [0.717, 1.165) is 43.6 Å². The van der Waals surface area contributed by atoms with E-state index < -0.39 is 12.2 Å². The summed E-state index contributed by atoms with van der Waals surface area (Å²) in [6, 6.07) is 6.17. The zero-order valence-corrected chi connectivity index (χ0v) is 24.7. The van der Waals surface area contributed by atoms with Crippen LogP contribution in [0.5, 0.6) is 11.5 Å². The molecular weight excluding hydrogens is 460 g/mol. The smallest absolute Gasteiger partial charge is 0.122 e. The fourth-order valence-electron chi connectivity index (χ4n) is 5.16. The molecule has 0 radical (unpaired) electrons. The van der Waals surface area contributed by atoms with Gasteiger partial charge in [0.1, 0.15) is 11.5 Å². The van der Waals surface area contributed by atoms with Gasteiger partial charge in [0, 0.05) is 6.07 Å². The molecule has 216 valence electrons. The maximum atomic E-state index is 10.2. The van der Waals surface area contributed by atoms with E-state index in [1.54, 1.807) is 14.2 Å². The molecule has 4 nitrogen and oxygen atoms in total. The molecule has 0 aromatic heterocycles. The Morgan fingerprint density at radius 1 is 0.514 bits per heavy atom. The first kappa shape index (κ1) is 33.8. The molecule has 0 saturated heterocycles. The largest absolute Gasteiger partial charge is 0.497 e. The average Bonchev–Trinajstić information content (AvgIpc) is 2.92. The Morgan fingerprint density at radius 2 is 0.865 bits per heavy atom. The molecule has 0 bridgehead atoms. The Kier molecular flexibility index (Phi) is 21.7. The van der Waals surface area contributed by atoms with Gasteiger partial charge in [0.15, 0.2) is 0 Å². The molecule has 2 atom stereocenters. The maximum absolute atomic E-state index is 10.2. The van der Waals surface area contributed by atoms with Gasteiger partial charge in [-0.25, -0.2) is 0 Å². The summed E-state index contributed by atoms with van der Waals surface area (Å²) < 4.78 is 10.7. The molecule has 0 aliphatic rings. The van der Waals surface area contributed by atoms with Gasteiger partial charge in [0.2, 0.25) is 0 Å². The quantitative estimate of drug-likeness (QED) is 0.120. The maximum Gasteiger partial charge on any atom is 0.122 e. The summed E-state index contributed by atoms with van der Waals surface area (Å²) in [6.45, 7) is 2.23. The van der Waals surface area contributed by atoms with Crippen molar-refractivity contribution in [3.63, 3.8) is 0 Å². The number of rotatable bonds is 26. The summed E-state index contributed by atoms with van der Waals surface area (Å²) in [4.78, 5) is 0. The molecule has 4 heteroatoms. The summed E-state index contributed by atoms with van der Waals surface area (Å²) in [7, 11) is 3.41. The Morgan fingerprint density at radius 3 is 1.24 bits per heavy atom. The summed E-state index contributed by atoms with van der Waals surface area (Å²) in [5.74, 6) is 1.75. The van der Waals surface area contributed by atoms with Crippen LogP contribution in [-0.2, 0) is 6.42 Å². The molecule has 2 N–H and O–H groups in total. The van der Waals surface area contributed by atoms with Gasteiger partial charge in [-0.3, -0.25) is 0 Å². The van der Waals surface area contributed by atoms with Crippen molar-refractivity contribution >= 4 is 0 Å². The fourth-order valence-corrected chi connectivity index (χ4v) is 5.16. The molecule has 1 rings (SSSR count). The van der Waals surface area contributed by atoms with Gasteiger partial charge in [-0.05, 0) is 43.4 Å². The van der Waals surface area contributed by atoms with Crippen molar-refractivity contribution in [2.24, 2.45) is 0 Å². The van der Waals surface area contributed by atoms with Crippen LogP contribution in [0.1, 0.15) is 147 Å². The van der Waals surface area contributed by atoms with Crippen molar-refractivity contribution in [3.05, 3.63) is 23.8 Å². The van der Waals surface area contributed by atoms with Crippen LogP contribution < -0.4 is 9.47 Å². The van der Waals surface area contributed by atoms with E-state index in [0.29, 0.717) is 0 Å². The van der Waals surface area contributed by atoms with Crippen LogP contribution in [0.25, 0.3) is 0 Å². The van der Waals surface area contributed by atoms with Crippen LogP contribution in [0.2, 0.25) is 0 Å². The minimum absolute atomic E-state index is 0.525. The van der Waals surface area contributed by atoms with Crippen LogP contribution in [0.3, 0.4) is 0 Å². The number of methoxy groups -OCH3 is 2. The molecule has 0 saturated carbocycles. The van der Waals surface area contributed by atoms with Gasteiger partial charge >= 0.3 is 0 Å². The van der Waals surface area contributed by atoms with E-state index in [9.17, 15) is 10.2 Å². The highest BCUT2D eigenvalue weighted by Crippen LogP contribution is 2.24. The van der Waals surface area contributed by atoms with Crippen LogP contribution in [0.15, 0.2) is 18.2 Å². The van der Waals surface area contributed by atoms with E-state index in [1.165, 1.54) is 115 Å². The van der Waals surface area contributed by atoms with Crippen molar-refractivity contribution in [3.8, 4) is 11.5 Å². The molecule has 0 spiro atoms. The van der Waals surface area contributed by atoms with Gasteiger partial charge in [-0.1, -0.05) is 122 Å². The Labute approximate surface area is 229 Å². The van der Waals surface area contributed by atoms with Crippen molar-refractivity contribution in [1.82, 2.24) is 0 Å². The summed E-state index contributed by atoms with van der Waals surface area (Å²) in [5.41, 5.74) is 1.30. The van der Waals surface area contributed by atoms with Crippen molar-refractivity contribution < 1.29 is 19.7 Å². The first-order chi connectivity index (χ1) is 18.1. The van der Waals surface area contributed by atoms with Crippen LogP contribution in [0.4, 0.5) is 0 Å². The van der Waals surface area contributed by atoms with Crippen molar-refractivity contribution in [2.75, 3.05) is 14.2 Å². The number of benzene rings is 1. The van der Waals surface area contributed by atoms with E-state index in [4.69, 9.17) is 9.47 Å². The molecule has 2 unspecified atom stereocenters. The third-order valence-electron chi connectivity index (χ3n) is 7.67. The Balaban J connectivity index is 1.85. The number of hydrogen-bond acceptors (Lipinski definition) is 4. The number of aliphatic hydroxyl groups excluding tert-OH is 2. The van der Waals surface area contributed by atoms with E-state index in [-0.39, 0.29) is 0 Å². The standard InChI is InChI=1S/C33H60O4/c1-4-5-6-7-18-21-24-32(34)33(35)25-22-19-16-14-12-10-8-9-11-13-15-17-20-23-29-26-30(36-2)28-31(27-29)37-3/h26-28,32-35H,4-25H2,1-3H3. The third kappa shape index (κ3) is 18.6. The number of aliphatic hydroxyl groups is 2. The zero-order chi connectivity index (χ0) is 27.0. The predicted molar refractivity (Wildman–Crippen MR) is 158 cm³/mol. The third-order valence-corrected chi connectivity index (χ3v) is 7.67. The van der Waals surface area contributed by atoms with Gasteiger partial charge < -0.3 is 19.7 Å². The second kappa shape index (κ2) is 23.8. The number of aryl methyl sites for hydroxylation is 1. The van der Waals surface area contributed by atoms with Gasteiger partial charge in [0.25, 0.3) is 0 Å². The van der Waals surface area contributed by atoms with Gasteiger partial charge in [0.05, 0.1) is 26.4 Å². The predicted octanol–water partition coefficient (Wildman–Crippen LogP) is 9.18. The molecule has 0 aliphatic heterocycles. The topological polar surface area (TPSA) is 58.9 Å². The summed E-state index contributed by atoms with van der Waals surface area (Å²) in [5, 5.41) is 20.3. The van der Waals surface area contributed by atoms with E-state index in [2.05, 4.69) is 19.1 Å². The highest BCUT2D eigenvalue weighted by Gasteiger charge is 2.15. The molecule has 1 aromatic carbocycles. The highest BCUT2D eigenvalue weighted by molar-refractivity contribution is 5.38. The minimum atomic E-state index is -0.527. The van der Waals surface area contributed by atoms with Crippen LogP contribution in [0, 0.1) is 0 Å². The second-order valence-corrected chi connectivity index (χ2v) is 11.0. The lowest BCUT2D eigenvalue weighted by Crippen LogP contribution is -2.25. The molecule has 0 amide bonds. The number of hydrogen-bond donors (Lipinski definition) is 2. The molecule has 0 heterocycles. The second-order valence-electron chi connectivity index (χ2n) is 11.0. The van der Waals surface area contributed by atoms with Crippen LogP contribution in [-0.4, -0.2) is 36.6 Å². The first-order valence-electron chi connectivity index (χ1n) is 15.7. The average molecular weight is 521 g/mol. The lowest BCUT2D eigenvalue weighted by molar-refractivity contribution is 0.00712.